The lowest BCUT2D eigenvalue weighted by molar-refractivity contribution is 0.105. The SMILES string of the molecule is CCOCCC1(CNC2=NCCCN2)CCCC1. The van der Waals surface area contributed by atoms with Gasteiger partial charge in [-0.2, -0.15) is 0 Å². The smallest absolute Gasteiger partial charge is 0.191 e. The first-order chi connectivity index (χ1) is 8.85. The molecule has 0 saturated heterocycles. The third-order valence-corrected chi connectivity index (χ3v) is 4.17. The number of aliphatic imine (C=N–C) groups is 1. The normalized spacial score (nSPS) is 22.4. The molecule has 4 nitrogen and oxygen atoms in total. The minimum absolute atomic E-state index is 0.441. The van der Waals surface area contributed by atoms with Crippen LogP contribution in [0.25, 0.3) is 0 Å². The van der Waals surface area contributed by atoms with Gasteiger partial charge in [-0.25, -0.2) is 0 Å². The molecular weight excluding hydrogens is 226 g/mol. The standard InChI is InChI=1S/C14H27N3O/c1-2-18-11-8-14(6-3-4-7-14)12-17-13-15-9-5-10-16-13/h2-12H2,1H3,(H2,15,16,17). The maximum Gasteiger partial charge on any atom is 0.191 e. The molecule has 1 aliphatic heterocycles. The molecule has 0 amide bonds. The minimum Gasteiger partial charge on any atom is -0.382 e. The summed E-state index contributed by atoms with van der Waals surface area (Å²) >= 11 is 0. The maximum absolute atomic E-state index is 5.54. The highest BCUT2D eigenvalue weighted by molar-refractivity contribution is 5.80. The Morgan fingerprint density at radius 2 is 2.17 bits per heavy atom. The van der Waals surface area contributed by atoms with Crippen molar-refractivity contribution in [3.05, 3.63) is 0 Å². The van der Waals surface area contributed by atoms with Gasteiger partial charge in [0.2, 0.25) is 0 Å². The van der Waals surface area contributed by atoms with Gasteiger partial charge in [0.25, 0.3) is 0 Å². The van der Waals surface area contributed by atoms with Gasteiger partial charge in [-0.05, 0) is 38.0 Å². The van der Waals surface area contributed by atoms with E-state index in [0.717, 1.165) is 45.2 Å². The molecule has 104 valence electrons. The molecule has 0 atom stereocenters. The maximum atomic E-state index is 5.54. The highest BCUT2D eigenvalue weighted by atomic mass is 16.5. The monoisotopic (exact) mass is 253 g/mol. The highest BCUT2D eigenvalue weighted by Crippen LogP contribution is 2.40. The molecule has 0 spiro atoms. The molecule has 1 heterocycles. The van der Waals surface area contributed by atoms with Crippen molar-refractivity contribution in [1.82, 2.24) is 10.6 Å². The van der Waals surface area contributed by atoms with Gasteiger partial charge in [0, 0.05) is 32.8 Å². The number of rotatable bonds is 6. The van der Waals surface area contributed by atoms with Crippen molar-refractivity contribution in [1.29, 1.82) is 0 Å². The molecule has 0 bridgehead atoms. The number of ether oxygens (including phenoxy) is 1. The summed E-state index contributed by atoms with van der Waals surface area (Å²) in [5.41, 5.74) is 0.441. The lowest BCUT2D eigenvalue weighted by Crippen LogP contribution is -2.45. The number of hydrogen-bond acceptors (Lipinski definition) is 4. The number of guanidine groups is 1. The molecule has 0 aromatic heterocycles. The second kappa shape index (κ2) is 6.98. The summed E-state index contributed by atoms with van der Waals surface area (Å²) in [6, 6.07) is 0. The summed E-state index contributed by atoms with van der Waals surface area (Å²) in [7, 11) is 0. The second-order valence-electron chi connectivity index (χ2n) is 5.52. The summed E-state index contributed by atoms with van der Waals surface area (Å²) in [5.74, 6) is 1.00. The number of nitrogens with zero attached hydrogens (tertiary/aromatic N) is 1. The van der Waals surface area contributed by atoms with E-state index < -0.39 is 0 Å². The highest BCUT2D eigenvalue weighted by Gasteiger charge is 2.33. The molecule has 0 unspecified atom stereocenters. The Labute approximate surface area is 111 Å². The first-order valence-corrected chi connectivity index (χ1v) is 7.45. The van der Waals surface area contributed by atoms with E-state index in [1.165, 1.54) is 32.1 Å². The Morgan fingerprint density at radius 3 is 2.83 bits per heavy atom. The third kappa shape index (κ3) is 3.87. The van der Waals surface area contributed by atoms with Gasteiger partial charge in [0.1, 0.15) is 0 Å². The van der Waals surface area contributed by atoms with Crippen LogP contribution in [-0.4, -0.2) is 38.8 Å². The lowest BCUT2D eigenvalue weighted by atomic mass is 9.83. The summed E-state index contributed by atoms with van der Waals surface area (Å²) in [6.45, 7) is 6.86. The van der Waals surface area contributed by atoms with Crippen LogP contribution in [0.2, 0.25) is 0 Å². The van der Waals surface area contributed by atoms with Gasteiger partial charge in [-0.15, -0.1) is 0 Å². The molecule has 1 fully saturated rings. The molecule has 0 aromatic carbocycles. The van der Waals surface area contributed by atoms with Gasteiger partial charge in [0.05, 0.1) is 0 Å². The number of hydrogen-bond donors (Lipinski definition) is 2. The average molecular weight is 253 g/mol. The van der Waals surface area contributed by atoms with Crippen molar-refractivity contribution >= 4 is 5.96 Å². The van der Waals surface area contributed by atoms with Crippen LogP contribution in [-0.2, 0) is 4.74 Å². The summed E-state index contributed by atoms with van der Waals surface area (Å²) in [5, 5.41) is 6.85. The average Bonchev–Trinajstić information content (AvgIpc) is 2.87. The summed E-state index contributed by atoms with van der Waals surface area (Å²) < 4.78 is 5.54. The molecular formula is C14H27N3O. The van der Waals surface area contributed by atoms with Gasteiger partial charge in [0.15, 0.2) is 5.96 Å². The van der Waals surface area contributed by atoms with Crippen molar-refractivity contribution in [2.45, 2.75) is 45.4 Å². The van der Waals surface area contributed by atoms with Gasteiger partial charge < -0.3 is 15.4 Å². The van der Waals surface area contributed by atoms with Crippen LogP contribution in [0.5, 0.6) is 0 Å². The van der Waals surface area contributed by atoms with Crippen molar-refractivity contribution in [2.75, 3.05) is 32.8 Å². The fourth-order valence-electron chi connectivity index (χ4n) is 3.00. The van der Waals surface area contributed by atoms with Gasteiger partial charge in [-0.3, -0.25) is 4.99 Å². The van der Waals surface area contributed by atoms with Crippen molar-refractivity contribution < 1.29 is 4.74 Å². The Balaban J connectivity index is 1.79. The fourth-order valence-corrected chi connectivity index (χ4v) is 3.00. The van der Waals surface area contributed by atoms with E-state index in [9.17, 15) is 0 Å². The molecule has 1 aliphatic carbocycles. The summed E-state index contributed by atoms with van der Waals surface area (Å²) in [4.78, 5) is 4.48. The van der Waals surface area contributed by atoms with Crippen LogP contribution in [0.1, 0.15) is 45.4 Å². The number of nitrogens with one attached hydrogen (secondary N) is 2. The Hall–Kier alpha value is -0.770. The van der Waals surface area contributed by atoms with Crippen LogP contribution in [0.4, 0.5) is 0 Å². The quantitative estimate of drug-likeness (QED) is 0.711. The molecule has 2 N–H and O–H groups in total. The van der Waals surface area contributed by atoms with Gasteiger partial charge >= 0.3 is 0 Å². The van der Waals surface area contributed by atoms with E-state index in [4.69, 9.17) is 4.74 Å². The molecule has 4 heteroatoms. The Bertz CT molecular complexity index is 272. The largest absolute Gasteiger partial charge is 0.382 e. The van der Waals surface area contributed by atoms with E-state index in [0.29, 0.717) is 5.41 Å². The zero-order chi connectivity index (χ0) is 12.7. The molecule has 2 aliphatic rings. The topological polar surface area (TPSA) is 45.6 Å². The van der Waals surface area contributed by atoms with Crippen LogP contribution in [0.15, 0.2) is 4.99 Å². The van der Waals surface area contributed by atoms with E-state index >= 15 is 0 Å². The zero-order valence-electron chi connectivity index (χ0n) is 11.6. The predicted octanol–water partition coefficient (Wildman–Crippen LogP) is 1.91. The Morgan fingerprint density at radius 1 is 1.33 bits per heavy atom. The van der Waals surface area contributed by atoms with Crippen molar-refractivity contribution in [3.8, 4) is 0 Å². The minimum atomic E-state index is 0.441. The molecule has 18 heavy (non-hydrogen) atoms. The fraction of sp³-hybridized carbons (Fsp3) is 0.929. The second-order valence-corrected chi connectivity index (χ2v) is 5.52. The lowest BCUT2D eigenvalue weighted by Gasteiger charge is -2.30. The predicted molar refractivity (Wildman–Crippen MR) is 74.9 cm³/mol. The van der Waals surface area contributed by atoms with E-state index in [1.807, 2.05) is 0 Å². The Kier molecular flexibility index (Phi) is 5.29. The van der Waals surface area contributed by atoms with Crippen molar-refractivity contribution in [2.24, 2.45) is 10.4 Å². The molecule has 0 aromatic rings. The first-order valence-electron chi connectivity index (χ1n) is 7.45. The van der Waals surface area contributed by atoms with E-state index in [-0.39, 0.29) is 0 Å². The van der Waals surface area contributed by atoms with Crippen LogP contribution >= 0.6 is 0 Å². The van der Waals surface area contributed by atoms with Gasteiger partial charge in [-0.1, -0.05) is 12.8 Å². The van der Waals surface area contributed by atoms with Crippen LogP contribution in [0.3, 0.4) is 0 Å². The molecule has 2 rings (SSSR count). The zero-order valence-corrected chi connectivity index (χ0v) is 11.6. The first kappa shape index (κ1) is 13.7. The summed E-state index contributed by atoms with van der Waals surface area (Å²) in [6.07, 6.45) is 7.74. The van der Waals surface area contributed by atoms with E-state index in [2.05, 4.69) is 22.5 Å². The van der Waals surface area contributed by atoms with Crippen molar-refractivity contribution in [3.63, 3.8) is 0 Å². The van der Waals surface area contributed by atoms with E-state index in [1.54, 1.807) is 0 Å². The molecule has 1 saturated carbocycles. The third-order valence-electron chi connectivity index (χ3n) is 4.17. The van der Waals surface area contributed by atoms with Crippen LogP contribution in [0, 0.1) is 5.41 Å². The molecule has 0 radical (unpaired) electrons. The van der Waals surface area contributed by atoms with Crippen LogP contribution < -0.4 is 10.6 Å².